The van der Waals surface area contributed by atoms with Gasteiger partial charge in [0.15, 0.2) is 0 Å². The molecule has 2 aromatic rings. The Kier molecular flexibility index (Phi) is 4.25. The van der Waals surface area contributed by atoms with Crippen LogP contribution in [0.4, 0.5) is 5.69 Å². The van der Waals surface area contributed by atoms with Crippen molar-refractivity contribution in [1.29, 1.82) is 0 Å². The third-order valence-corrected chi connectivity index (χ3v) is 3.34. The quantitative estimate of drug-likeness (QED) is 0.464. The standard InChI is InChI=1S/C15H14ClNO3/c1-10-8-14(5-3-12(10)9-16)20-15-6-4-13(17(18)19)7-11(15)2/h3-8H,9H2,1-2H3. The van der Waals surface area contributed by atoms with Gasteiger partial charge in [0, 0.05) is 18.0 Å². The van der Waals surface area contributed by atoms with Crippen molar-refractivity contribution in [2.24, 2.45) is 0 Å². The molecule has 0 aromatic heterocycles. The molecular weight excluding hydrogens is 278 g/mol. The molecule has 0 amide bonds. The van der Waals surface area contributed by atoms with E-state index >= 15 is 0 Å². The summed E-state index contributed by atoms with van der Waals surface area (Å²) in [5.41, 5.74) is 2.89. The summed E-state index contributed by atoms with van der Waals surface area (Å²) in [5.74, 6) is 1.75. The minimum absolute atomic E-state index is 0.0588. The Balaban J connectivity index is 2.26. The van der Waals surface area contributed by atoms with Crippen molar-refractivity contribution in [2.45, 2.75) is 19.7 Å². The van der Waals surface area contributed by atoms with Crippen LogP contribution in [0.3, 0.4) is 0 Å². The summed E-state index contributed by atoms with van der Waals surface area (Å²) < 4.78 is 5.76. The van der Waals surface area contributed by atoms with Crippen LogP contribution in [0.15, 0.2) is 36.4 Å². The number of nitro groups is 1. The summed E-state index contributed by atoms with van der Waals surface area (Å²) in [6.07, 6.45) is 0. The number of rotatable bonds is 4. The molecule has 4 nitrogen and oxygen atoms in total. The van der Waals surface area contributed by atoms with Crippen LogP contribution in [-0.2, 0) is 5.88 Å². The Morgan fingerprint density at radius 3 is 2.45 bits per heavy atom. The van der Waals surface area contributed by atoms with E-state index in [2.05, 4.69) is 0 Å². The Morgan fingerprint density at radius 1 is 1.15 bits per heavy atom. The number of ether oxygens (including phenoxy) is 1. The number of aryl methyl sites for hydroxylation is 2. The van der Waals surface area contributed by atoms with Crippen molar-refractivity contribution in [3.63, 3.8) is 0 Å². The maximum atomic E-state index is 10.7. The lowest BCUT2D eigenvalue weighted by Crippen LogP contribution is -1.93. The number of nitrogens with zero attached hydrogens (tertiary/aromatic N) is 1. The Morgan fingerprint density at radius 2 is 1.90 bits per heavy atom. The molecule has 2 aromatic carbocycles. The van der Waals surface area contributed by atoms with Crippen LogP contribution in [0.5, 0.6) is 11.5 Å². The largest absolute Gasteiger partial charge is 0.457 e. The molecule has 0 aliphatic heterocycles. The van der Waals surface area contributed by atoms with Crippen molar-refractivity contribution in [2.75, 3.05) is 0 Å². The van der Waals surface area contributed by atoms with Gasteiger partial charge in [-0.1, -0.05) is 6.07 Å². The fourth-order valence-corrected chi connectivity index (χ4v) is 2.17. The molecule has 0 aliphatic carbocycles. The number of halogens is 1. The second-order valence-corrected chi connectivity index (χ2v) is 4.80. The third-order valence-electron chi connectivity index (χ3n) is 3.06. The highest BCUT2D eigenvalue weighted by Crippen LogP contribution is 2.29. The molecule has 5 heteroatoms. The lowest BCUT2D eigenvalue weighted by atomic mass is 10.1. The van der Waals surface area contributed by atoms with E-state index in [-0.39, 0.29) is 5.69 Å². The van der Waals surface area contributed by atoms with Crippen molar-refractivity contribution >= 4 is 17.3 Å². The van der Waals surface area contributed by atoms with Gasteiger partial charge in [-0.15, -0.1) is 11.6 Å². The van der Waals surface area contributed by atoms with E-state index < -0.39 is 4.92 Å². The van der Waals surface area contributed by atoms with Crippen molar-refractivity contribution in [1.82, 2.24) is 0 Å². The molecule has 0 saturated heterocycles. The molecule has 0 atom stereocenters. The topological polar surface area (TPSA) is 52.4 Å². The maximum Gasteiger partial charge on any atom is 0.269 e. The zero-order valence-corrected chi connectivity index (χ0v) is 12.0. The van der Waals surface area contributed by atoms with E-state index in [9.17, 15) is 10.1 Å². The van der Waals surface area contributed by atoms with Crippen molar-refractivity contribution < 1.29 is 9.66 Å². The lowest BCUT2D eigenvalue weighted by molar-refractivity contribution is -0.384. The van der Waals surface area contributed by atoms with Gasteiger partial charge in [-0.05, 0) is 48.7 Å². The fraction of sp³-hybridized carbons (Fsp3) is 0.200. The number of hydrogen-bond acceptors (Lipinski definition) is 3. The Labute approximate surface area is 122 Å². The van der Waals surface area contributed by atoms with Crippen LogP contribution in [0.25, 0.3) is 0 Å². The van der Waals surface area contributed by atoms with Gasteiger partial charge in [0.05, 0.1) is 4.92 Å². The summed E-state index contributed by atoms with van der Waals surface area (Å²) in [6.45, 7) is 3.75. The van der Waals surface area contributed by atoms with Gasteiger partial charge in [-0.2, -0.15) is 0 Å². The molecule has 0 saturated carbocycles. The highest BCUT2D eigenvalue weighted by Gasteiger charge is 2.10. The normalized spacial score (nSPS) is 10.3. The summed E-state index contributed by atoms with van der Waals surface area (Å²) in [6, 6.07) is 10.2. The highest BCUT2D eigenvalue weighted by molar-refractivity contribution is 6.17. The van der Waals surface area contributed by atoms with Gasteiger partial charge in [0.2, 0.25) is 0 Å². The second kappa shape index (κ2) is 5.92. The molecule has 104 valence electrons. The second-order valence-electron chi connectivity index (χ2n) is 4.53. The molecule has 0 fully saturated rings. The molecule has 0 radical (unpaired) electrons. The van der Waals surface area contributed by atoms with Crippen LogP contribution >= 0.6 is 11.6 Å². The number of hydrogen-bond donors (Lipinski definition) is 0. The molecule has 0 spiro atoms. The lowest BCUT2D eigenvalue weighted by Gasteiger charge is -2.10. The minimum atomic E-state index is -0.420. The molecule has 0 bridgehead atoms. The van der Waals surface area contributed by atoms with E-state index in [1.165, 1.54) is 12.1 Å². The first-order valence-electron chi connectivity index (χ1n) is 6.09. The minimum Gasteiger partial charge on any atom is -0.457 e. The number of nitro benzene ring substituents is 1. The van der Waals surface area contributed by atoms with Crippen LogP contribution in [0, 0.1) is 24.0 Å². The molecule has 0 aliphatic rings. The first-order chi connectivity index (χ1) is 9.51. The van der Waals surface area contributed by atoms with Gasteiger partial charge in [0.1, 0.15) is 11.5 Å². The third kappa shape index (κ3) is 3.08. The fourth-order valence-electron chi connectivity index (χ4n) is 1.87. The maximum absolute atomic E-state index is 10.7. The van der Waals surface area contributed by atoms with E-state index in [0.717, 1.165) is 16.7 Å². The number of alkyl halides is 1. The molecule has 0 N–H and O–H groups in total. The van der Waals surface area contributed by atoms with Gasteiger partial charge in [-0.25, -0.2) is 0 Å². The molecule has 0 unspecified atom stereocenters. The van der Waals surface area contributed by atoms with Crippen molar-refractivity contribution in [3.8, 4) is 11.5 Å². The number of non-ortho nitro benzene ring substituents is 1. The zero-order chi connectivity index (χ0) is 14.7. The highest BCUT2D eigenvalue weighted by atomic mass is 35.5. The smallest absolute Gasteiger partial charge is 0.269 e. The Bertz CT molecular complexity index is 656. The summed E-state index contributed by atoms with van der Waals surface area (Å²) >= 11 is 5.81. The van der Waals surface area contributed by atoms with Crippen LogP contribution in [-0.4, -0.2) is 4.92 Å². The van der Waals surface area contributed by atoms with E-state index in [4.69, 9.17) is 16.3 Å². The zero-order valence-electron chi connectivity index (χ0n) is 11.2. The average molecular weight is 292 g/mol. The average Bonchev–Trinajstić information content (AvgIpc) is 2.41. The SMILES string of the molecule is Cc1cc(Oc2ccc([N+](=O)[O-])cc2C)ccc1CCl. The molecule has 20 heavy (non-hydrogen) atoms. The first kappa shape index (κ1) is 14.3. The first-order valence-corrected chi connectivity index (χ1v) is 6.63. The molecule has 0 heterocycles. The van der Waals surface area contributed by atoms with Crippen LogP contribution in [0.1, 0.15) is 16.7 Å². The molecular formula is C15H14ClNO3. The van der Waals surface area contributed by atoms with E-state index in [1.807, 2.05) is 25.1 Å². The Hall–Kier alpha value is -2.07. The van der Waals surface area contributed by atoms with Crippen LogP contribution in [0.2, 0.25) is 0 Å². The van der Waals surface area contributed by atoms with Gasteiger partial charge in [-0.3, -0.25) is 10.1 Å². The summed E-state index contributed by atoms with van der Waals surface area (Å²) in [7, 11) is 0. The van der Waals surface area contributed by atoms with Gasteiger partial charge < -0.3 is 4.74 Å². The predicted molar refractivity (Wildman–Crippen MR) is 78.6 cm³/mol. The predicted octanol–water partition coefficient (Wildman–Crippen LogP) is 4.74. The van der Waals surface area contributed by atoms with E-state index in [1.54, 1.807) is 13.0 Å². The summed E-state index contributed by atoms with van der Waals surface area (Å²) in [5, 5.41) is 10.7. The molecule has 2 rings (SSSR count). The van der Waals surface area contributed by atoms with Crippen molar-refractivity contribution in [3.05, 3.63) is 63.2 Å². The monoisotopic (exact) mass is 291 g/mol. The van der Waals surface area contributed by atoms with Crippen LogP contribution < -0.4 is 4.74 Å². The summed E-state index contributed by atoms with van der Waals surface area (Å²) in [4.78, 5) is 10.3. The van der Waals surface area contributed by atoms with E-state index in [0.29, 0.717) is 17.4 Å². The van der Waals surface area contributed by atoms with Gasteiger partial charge >= 0.3 is 0 Å². The van der Waals surface area contributed by atoms with Gasteiger partial charge in [0.25, 0.3) is 5.69 Å². The number of benzene rings is 2.